The van der Waals surface area contributed by atoms with Crippen LogP contribution in [0.25, 0.3) is 0 Å². The smallest absolute Gasteiger partial charge is 0.416 e. The Morgan fingerprint density at radius 2 is 2.00 bits per heavy atom. The van der Waals surface area contributed by atoms with E-state index in [4.69, 9.17) is 26.2 Å². The van der Waals surface area contributed by atoms with E-state index in [9.17, 15) is 22.4 Å². The highest BCUT2D eigenvalue weighted by Crippen LogP contribution is 2.43. The van der Waals surface area contributed by atoms with Gasteiger partial charge in [-0.2, -0.15) is 13.2 Å². The van der Waals surface area contributed by atoms with Crippen molar-refractivity contribution in [2.75, 3.05) is 13.2 Å². The molecule has 0 amide bonds. The minimum Gasteiger partial charge on any atom is -0.493 e. The number of hydrogen-bond donors (Lipinski definition) is 1. The summed E-state index contributed by atoms with van der Waals surface area (Å²) in [6.07, 6.45) is -5.54. The highest BCUT2D eigenvalue weighted by molar-refractivity contribution is 6.33. The number of ketones is 1. The lowest BCUT2D eigenvalue weighted by molar-refractivity contribution is -0.137. The molecule has 4 nitrogen and oxygen atoms in total. The maximum Gasteiger partial charge on any atom is 0.416 e. The first-order valence-corrected chi connectivity index (χ1v) is 8.73. The number of hydrogen-bond acceptors (Lipinski definition) is 4. The standard InChI is InChI=1S/C19H15ClF4O4/c20-17-13(21)5-4-11-14(26)9-16(28-18(11)17)12-3-2-10(19(22,23)24)8-15(12)27-7-1-6-25/h2-5,8,16,25H,1,6-7,9H2. The van der Waals surface area contributed by atoms with Crippen molar-refractivity contribution in [3.05, 3.63) is 57.9 Å². The lowest BCUT2D eigenvalue weighted by Gasteiger charge is -2.28. The lowest BCUT2D eigenvalue weighted by atomic mass is 9.95. The van der Waals surface area contributed by atoms with Crippen LogP contribution in [0.2, 0.25) is 5.02 Å². The number of alkyl halides is 3. The summed E-state index contributed by atoms with van der Waals surface area (Å²) < 4.78 is 63.9. The van der Waals surface area contributed by atoms with Crippen LogP contribution in [-0.2, 0) is 6.18 Å². The van der Waals surface area contributed by atoms with Crippen LogP contribution in [-0.4, -0.2) is 24.1 Å². The van der Waals surface area contributed by atoms with Crippen molar-refractivity contribution in [3.63, 3.8) is 0 Å². The molecule has 0 fully saturated rings. The fourth-order valence-electron chi connectivity index (χ4n) is 2.85. The normalized spacial score (nSPS) is 16.5. The number of rotatable bonds is 5. The molecule has 3 rings (SSSR count). The molecule has 1 atom stereocenters. The van der Waals surface area contributed by atoms with Crippen LogP contribution in [0, 0.1) is 5.82 Å². The highest BCUT2D eigenvalue weighted by atomic mass is 35.5. The van der Waals surface area contributed by atoms with Crippen molar-refractivity contribution in [2.24, 2.45) is 0 Å². The minimum atomic E-state index is -4.59. The molecule has 1 aliphatic rings. The zero-order chi connectivity index (χ0) is 20.5. The molecular weight excluding hydrogens is 404 g/mol. The van der Waals surface area contributed by atoms with E-state index in [1.54, 1.807) is 0 Å². The van der Waals surface area contributed by atoms with E-state index >= 15 is 0 Å². The predicted molar refractivity (Wildman–Crippen MR) is 92.4 cm³/mol. The van der Waals surface area contributed by atoms with Crippen molar-refractivity contribution in [1.82, 2.24) is 0 Å². The van der Waals surface area contributed by atoms with Crippen LogP contribution in [0.1, 0.15) is 40.4 Å². The second-order valence-electron chi connectivity index (χ2n) is 6.15. The zero-order valence-corrected chi connectivity index (χ0v) is 15.1. The summed E-state index contributed by atoms with van der Waals surface area (Å²) in [6, 6.07) is 5.12. The third-order valence-electron chi connectivity index (χ3n) is 4.23. The molecular formula is C19H15ClF4O4. The number of carbonyl (C=O) groups excluding carboxylic acids is 1. The Morgan fingerprint density at radius 1 is 1.25 bits per heavy atom. The maximum absolute atomic E-state index is 13.7. The van der Waals surface area contributed by atoms with E-state index in [-0.39, 0.29) is 59.5 Å². The van der Waals surface area contributed by atoms with Gasteiger partial charge in [0.05, 0.1) is 24.2 Å². The van der Waals surface area contributed by atoms with Gasteiger partial charge in [0, 0.05) is 18.6 Å². The summed E-state index contributed by atoms with van der Waals surface area (Å²) in [5.41, 5.74) is -0.621. The first kappa shape index (κ1) is 20.4. The number of halogens is 5. The van der Waals surface area contributed by atoms with Crippen molar-refractivity contribution < 1.29 is 36.9 Å². The lowest BCUT2D eigenvalue weighted by Crippen LogP contribution is -2.22. The predicted octanol–water partition coefficient (Wildman–Crippen LogP) is 4.97. The number of carbonyl (C=O) groups is 1. The van der Waals surface area contributed by atoms with Gasteiger partial charge in [-0.3, -0.25) is 4.79 Å². The molecule has 1 heterocycles. The Balaban J connectivity index is 2.00. The van der Waals surface area contributed by atoms with Crippen LogP contribution < -0.4 is 9.47 Å². The van der Waals surface area contributed by atoms with Gasteiger partial charge in [-0.1, -0.05) is 17.7 Å². The van der Waals surface area contributed by atoms with Gasteiger partial charge < -0.3 is 14.6 Å². The zero-order valence-electron chi connectivity index (χ0n) is 14.4. The molecule has 2 aromatic carbocycles. The molecule has 0 saturated heterocycles. The van der Waals surface area contributed by atoms with Gasteiger partial charge >= 0.3 is 6.18 Å². The molecule has 0 aromatic heterocycles. The highest BCUT2D eigenvalue weighted by Gasteiger charge is 2.35. The van der Waals surface area contributed by atoms with Crippen molar-refractivity contribution >= 4 is 17.4 Å². The Morgan fingerprint density at radius 3 is 2.68 bits per heavy atom. The quantitative estimate of drug-likeness (QED) is 0.550. The Bertz CT molecular complexity index is 898. The van der Waals surface area contributed by atoms with Crippen LogP contribution >= 0.6 is 11.6 Å². The average molecular weight is 419 g/mol. The van der Waals surface area contributed by atoms with Gasteiger partial charge in [-0.25, -0.2) is 4.39 Å². The number of Topliss-reactive ketones (excluding diaryl/α,β-unsaturated/α-hetero) is 1. The van der Waals surface area contributed by atoms with Crippen LogP contribution in [0.5, 0.6) is 11.5 Å². The van der Waals surface area contributed by atoms with Crippen molar-refractivity contribution in [3.8, 4) is 11.5 Å². The van der Waals surface area contributed by atoms with Gasteiger partial charge in [0.25, 0.3) is 0 Å². The fourth-order valence-corrected chi connectivity index (χ4v) is 3.06. The summed E-state index contributed by atoms with van der Waals surface area (Å²) in [4.78, 5) is 12.4. The van der Waals surface area contributed by atoms with E-state index in [1.807, 2.05) is 0 Å². The Kier molecular flexibility index (Phi) is 5.81. The second-order valence-corrected chi connectivity index (χ2v) is 6.53. The molecule has 150 valence electrons. The molecule has 28 heavy (non-hydrogen) atoms. The van der Waals surface area contributed by atoms with E-state index < -0.39 is 23.7 Å². The second kappa shape index (κ2) is 7.97. The summed E-state index contributed by atoms with van der Waals surface area (Å²) in [7, 11) is 0. The number of benzene rings is 2. The molecule has 0 bridgehead atoms. The molecule has 1 N–H and O–H groups in total. The largest absolute Gasteiger partial charge is 0.493 e. The Labute approximate surface area is 162 Å². The first-order chi connectivity index (χ1) is 13.2. The first-order valence-electron chi connectivity index (χ1n) is 8.35. The monoisotopic (exact) mass is 418 g/mol. The van der Waals surface area contributed by atoms with Crippen LogP contribution in [0.3, 0.4) is 0 Å². The fraction of sp³-hybridized carbons (Fsp3) is 0.316. The molecule has 0 spiro atoms. The van der Waals surface area contributed by atoms with Crippen molar-refractivity contribution in [1.29, 1.82) is 0 Å². The van der Waals surface area contributed by atoms with Crippen LogP contribution in [0.4, 0.5) is 17.6 Å². The van der Waals surface area contributed by atoms with E-state index in [2.05, 4.69) is 0 Å². The molecule has 2 aromatic rings. The van der Waals surface area contributed by atoms with Gasteiger partial charge in [0.2, 0.25) is 0 Å². The number of aliphatic hydroxyl groups is 1. The van der Waals surface area contributed by atoms with Gasteiger partial charge in [-0.15, -0.1) is 0 Å². The molecule has 0 radical (unpaired) electrons. The molecule has 0 saturated carbocycles. The SMILES string of the molecule is O=C1CC(c2ccc(C(F)(F)F)cc2OCCCO)Oc2c1ccc(F)c2Cl. The van der Waals surface area contributed by atoms with Gasteiger partial charge in [0.15, 0.2) is 11.5 Å². The third kappa shape index (κ3) is 4.07. The van der Waals surface area contributed by atoms with E-state index in [1.165, 1.54) is 6.07 Å². The van der Waals surface area contributed by atoms with Gasteiger partial charge in [0.1, 0.15) is 22.7 Å². The third-order valence-corrected chi connectivity index (χ3v) is 4.58. The van der Waals surface area contributed by atoms with Crippen molar-refractivity contribution in [2.45, 2.75) is 25.1 Å². The molecule has 1 aliphatic heterocycles. The number of ether oxygens (including phenoxy) is 2. The van der Waals surface area contributed by atoms with Gasteiger partial charge in [-0.05, 0) is 24.3 Å². The molecule has 9 heteroatoms. The maximum atomic E-state index is 13.7. The molecule has 0 aliphatic carbocycles. The topological polar surface area (TPSA) is 55.8 Å². The van der Waals surface area contributed by atoms with E-state index in [0.29, 0.717) is 0 Å². The summed E-state index contributed by atoms with van der Waals surface area (Å²) in [5, 5.41) is 8.50. The molecule has 1 unspecified atom stereocenters. The summed E-state index contributed by atoms with van der Waals surface area (Å²) in [5.74, 6) is -1.43. The summed E-state index contributed by atoms with van der Waals surface area (Å²) >= 11 is 5.90. The minimum absolute atomic E-state index is 0.0303. The van der Waals surface area contributed by atoms with E-state index in [0.717, 1.165) is 24.3 Å². The average Bonchev–Trinajstić information content (AvgIpc) is 2.64. The van der Waals surface area contributed by atoms with Crippen LogP contribution in [0.15, 0.2) is 30.3 Å². The summed E-state index contributed by atoms with van der Waals surface area (Å²) in [6.45, 7) is -0.230. The Hall–Kier alpha value is -2.32. The number of aliphatic hydroxyl groups excluding tert-OH is 1. The number of fused-ring (bicyclic) bond motifs is 1.